The molecule has 0 aromatic carbocycles. The zero-order chi connectivity index (χ0) is 26.1. The van der Waals surface area contributed by atoms with Gasteiger partial charge in [-0.15, -0.1) is 5.10 Å². The molecule has 0 aliphatic carbocycles. The molecule has 1 aromatic rings. The van der Waals surface area contributed by atoms with Gasteiger partial charge in [0, 0.05) is 26.6 Å². The minimum Gasteiger partial charge on any atom is -0.444 e. The van der Waals surface area contributed by atoms with Gasteiger partial charge in [0.15, 0.2) is 0 Å². The van der Waals surface area contributed by atoms with Crippen molar-refractivity contribution in [3.8, 4) is 0 Å². The number of β-amino-alcohol motifs (C(OH)–C–C–N with tert-alkyl or cyclic N) is 1. The Kier molecular flexibility index (Phi) is 7.75. The van der Waals surface area contributed by atoms with E-state index in [0.29, 0.717) is 18.8 Å². The zero-order valence-electron chi connectivity index (χ0n) is 21.6. The van der Waals surface area contributed by atoms with Gasteiger partial charge < -0.3 is 29.7 Å². The van der Waals surface area contributed by atoms with Crippen LogP contribution in [-0.4, -0.2) is 98.8 Å². The number of likely N-dealkylation sites (N-methyl/N-ethyl adjacent to an activating group) is 1. The number of nitrogens with one attached hydrogen (secondary N) is 1. The molecule has 0 radical (unpaired) electrons. The predicted octanol–water partition coefficient (Wildman–Crippen LogP) is 0.882. The number of hydrogen-bond donors (Lipinski definition) is 2. The lowest BCUT2D eigenvalue weighted by atomic mass is 9.85. The van der Waals surface area contributed by atoms with E-state index in [-0.39, 0.29) is 31.3 Å². The molecule has 0 spiro atoms. The first-order valence-electron chi connectivity index (χ1n) is 11.9. The van der Waals surface area contributed by atoms with Gasteiger partial charge in [-0.25, -0.2) is 9.48 Å². The number of nitrogens with zero attached hydrogens (tertiary/aromatic N) is 5. The van der Waals surface area contributed by atoms with Crippen LogP contribution in [0.1, 0.15) is 65.8 Å². The van der Waals surface area contributed by atoms with E-state index >= 15 is 0 Å². The minimum atomic E-state index is -0.775. The quantitative estimate of drug-likeness (QED) is 0.629. The molecule has 0 saturated carbocycles. The molecule has 3 rings (SSSR count). The average Bonchev–Trinajstić information content (AvgIpc) is 3.38. The van der Waals surface area contributed by atoms with Crippen molar-refractivity contribution in [3.63, 3.8) is 0 Å². The van der Waals surface area contributed by atoms with Crippen molar-refractivity contribution >= 4 is 17.9 Å². The first-order chi connectivity index (χ1) is 16.2. The number of likely N-dealkylation sites (tertiary alicyclic amines) is 1. The van der Waals surface area contributed by atoms with E-state index in [0.717, 1.165) is 0 Å². The lowest BCUT2D eigenvalue weighted by Gasteiger charge is -2.34. The highest BCUT2D eigenvalue weighted by Crippen LogP contribution is 2.35. The van der Waals surface area contributed by atoms with Gasteiger partial charge in [-0.05, 0) is 26.2 Å². The molecule has 4 atom stereocenters. The van der Waals surface area contributed by atoms with E-state index in [4.69, 9.17) is 9.47 Å². The zero-order valence-corrected chi connectivity index (χ0v) is 21.6. The molecule has 35 heavy (non-hydrogen) atoms. The van der Waals surface area contributed by atoms with Crippen molar-refractivity contribution in [2.75, 3.05) is 33.3 Å². The molecule has 12 heteroatoms. The van der Waals surface area contributed by atoms with Crippen molar-refractivity contribution in [1.29, 1.82) is 0 Å². The molecule has 196 valence electrons. The fourth-order valence-corrected chi connectivity index (χ4v) is 4.39. The fraction of sp³-hybridized carbons (Fsp3) is 0.783. The second-order valence-electron chi connectivity index (χ2n) is 11.2. The van der Waals surface area contributed by atoms with Crippen LogP contribution in [-0.2, 0) is 19.1 Å². The summed E-state index contributed by atoms with van der Waals surface area (Å²) >= 11 is 0. The number of amides is 3. The van der Waals surface area contributed by atoms with Crippen molar-refractivity contribution in [2.24, 2.45) is 5.41 Å². The van der Waals surface area contributed by atoms with E-state index < -0.39 is 41.4 Å². The smallest absolute Gasteiger partial charge is 0.410 e. The Bertz CT molecular complexity index is 936. The highest BCUT2D eigenvalue weighted by atomic mass is 16.6. The molecule has 3 amide bonds. The fourth-order valence-electron chi connectivity index (χ4n) is 4.39. The second-order valence-corrected chi connectivity index (χ2v) is 11.2. The summed E-state index contributed by atoms with van der Waals surface area (Å²) in [6.07, 6.45) is 0.115. The summed E-state index contributed by atoms with van der Waals surface area (Å²) in [5, 5.41) is 21.2. The molecular formula is C23H38N6O6. The number of carbonyl (C=O) groups is 3. The lowest BCUT2D eigenvalue weighted by molar-refractivity contribution is -0.144. The maximum absolute atomic E-state index is 13.7. The van der Waals surface area contributed by atoms with Crippen LogP contribution in [0.3, 0.4) is 0 Å². The number of morpholine rings is 1. The van der Waals surface area contributed by atoms with Crippen LogP contribution in [0.25, 0.3) is 0 Å². The van der Waals surface area contributed by atoms with Gasteiger partial charge in [-0.3, -0.25) is 9.59 Å². The van der Waals surface area contributed by atoms with Crippen molar-refractivity contribution < 1.29 is 29.0 Å². The maximum atomic E-state index is 13.7. The molecule has 2 aliphatic rings. The summed E-state index contributed by atoms with van der Waals surface area (Å²) in [7, 11) is 1.51. The van der Waals surface area contributed by atoms with Gasteiger partial charge in [0.2, 0.25) is 11.8 Å². The molecule has 2 aliphatic heterocycles. The third-order valence-corrected chi connectivity index (χ3v) is 6.01. The standard InChI is InChI=1S/C23H38N6O6/c1-22(2,3)18(20(32)28-11-14(30)10-16(28)19(31)24-7)29-12-15(25-26-29)17-13-27(8-9-34-17)21(33)35-23(4,5)6/h12,14,16-18,30H,8-11,13H2,1-7H3,(H,24,31)/t14-,16+,17?,18+/m0/s1. The Balaban J connectivity index is 1.81. The van der Waals surface area contributed by atoms with E-state index in [1.165, 1.54) is 16.6 Å². The number of aliphatic hydroxyl groups is 1. The first kappa shape index (κ1) is 26.9. The molecule has 3 heterocycles. The van der Waals surface area contributed by atoms with Crippen LogP contribution in [0, 0.1) is 5.41 Å². The Morgan fingerprint density at radius 2 is 1.89 bits per heavy atom. The molecule has 0 bridgehead atoms. The van der Waals surface area contributed by atoms with E-state index in [2.05, 4.69) is 15.6 Å². The minimum absolute atomic E-state index is 0.0711. The van der Waals surface area contributed by atoms with Gasteiger partial charge in [0.1, 0.15) is 29.5 Å². The van der Waals surface area contributed by atoms with Gasteiger partial charge >= 0.3 is 6.09 Å². The van der Waals surface area contributed by atoms with Gasteiger partial charge in [0.05, 0.1) is 25.5 Å². The molecule has 2 saturated heterocycles. The first-order valence-corrected chi connectivity index (χ1v) is 11.9. The van der Waals surface area contributed by atoms with Gasteiger partial charge in [-0.2, -0.15) is 0 Å². The van der Waals surface area contributed by atoms with Crippen molar-refractivity contribution in [1.82, 2.24) is 30.1 Å². The lowest BCUT2D eigenvalue weighted by Crippen LogP contribution is -2.49. The molecule has 2 fully saturated rings. The Morgan fingerprint density at radius 1 is 1.20 bits per heavy atom. The monoisotopic (exact) mass is 494 g/mol. The molecule has 2 N–H and O–H groups in total. The summed E-state index contributed by atoms with van der Waals surface area (Å²) in [4.78, 5) is 41.5. The number of carbonyl (C=O) groups excluding carboxylic acids is 3. The van der Waals surface area contributed by atoms with Crippen LogP contribution in [0.15, 0.2) is 6.20 Å². The predicted molar refractivity (Wildman–Crippen MR) is 125 cm³/mol. The average molecular weight is 495 g/mol. The SMILES string of the molecule is CNC(=O)[C@H]1C[C@H](O)CN1C(=O)[C@@H](n1cc(C2CN(C(=O)OC(C)(C)C)CCO2)nn1)C(C)(C)C. The topological polar surface area (TPSA) is 139 Å². The van der Waals surface area contributed by atoms with E-state index in [1.807, 2.05) is 41.5 Å². The third-order valence-electron chi connectivity index (χ3n) is 6.01. The van der Waals surface area contributed by atoms with Crippen LogP contribution < -0.4 is 5.32 Å². The van der Waals surface area contributed by atoms with Gasteiger partial charge in [-0.1, -0.05) is 26.0 Å². The van der Waals surface area contributed by atoms with Crippen LogP contribution in [0.5, 0.6) is 0 Å². The Hall–Kier alpha value is -2.73. The normalized spacial score (nSPS) is 24.3. The van der Waals surface area contributed by atoms with Crippen LogP contribution in [0.4, 0.5) is 4.79 Å². The summed E-state index contributed by atoms with van der Waals surface area (Å²) in [6, 6.07) is -1.52. The molecule has 1 unspecified atom stereocenters. The molecular weight excluding hydrogens is 456 g/mol. The number of hydrogen-bond acceptors (Lipinski definition) is 8. The van der Waals surface area contributed by atoms with E-state index in [1.54, 1.807) is 11.1 Å². The highest BCUT2D eigenvalue weighted by molar-refractivity contribution is 5.90. The van der Waals surface area contributed by atoms with Crippen molar-refractivity contribution in [3.05, 3.63) is 11.9 Å². The molecule has 12 nitrogen and oxygen atoms in total. The summed E-state index contributed by atoms with van der Waals surface area (Å²) in [6.45, 7) is 12.2. The summed E-state index contributed by atoms with van der Waals surface area (Å²) < 4.78 is 12.8. The Labute approximate surface area is 205 Å². The third kappa shape index (κ3) is 6.29. The van der Waals surface area contributed by atoms with Crippen molar-refractivity contribution in [2.45, 2.75) is 77.9 Å². The summed E-state index contributed by atoms with van der Waals surface area (Å²) in [5.74, 6) is -0.640. The second kappa shape index (κ2) is 10.1. The number of rotatable bonds is 4. The largest absolute Gasteiger partial charge is 0.444 e. The highest BCUT2D eigenvalue weighted by Gasteiger charge is 2.45. The van der Waals surface area contributed by atoms with E-state index in [9.17, 15) is 19.5 Å². The molecule has 1 aromatic heterocycles. The number of aromatic nitrogens is 3. The number of ether oxygens (including phenoxy) is 2. The number of aliphatic hydroxyl groups excluding tert-OH is 1. The van der Waals surface area contributed by atoms with Crippen LogP contribution in [0.2, 0.25) is 0 Å². The summed E-state index contributed by atoms with van der Waals surface area (Å²) in [5.41, 5.74) is -0.687. The Morgan fingerprint density at radius 3 is 2.49 bits per heavy atom. The van der Waals surface area contributed by atoms with Crippen LogP contribution >= 0.6 is 0 Å². The maximum Gasteiger partial charge on any atom is 0.410 e. The van der Waals surface area contributed by atoms with Gasteiger partial charge in [0.25, 0.3) is 0 Å².